The second-order valence-corrected chi connectivity index (χ2v) is 7.63. The molecular formula is C20H20F3N5OS. The van der Waals surface area contributed by atoms with Crippen molar-refractivity contribution in [1.29, 1.82) is 0 Å². The molecule has 1 unspecified atom stereocenters. The van der Waals surface area contributed by atoms with Crippen LogP contribution in [0.2, 0.25) is 0 Å². The van der Waals surface area contributed by atoms with Crippen LogP contribution >= 0.6 is 11.8 Å². The zero-order valence-electron chi connectivity index (χ0n) is 16.1. The van der Waals surface area contributed by atoms with E-state index in [2.05, 4.69) is 20.5 Å². The van der Waals surface area contributed by atoms with Gasteiger partial charge in [0, 0.05) is 24.5 Å². The van der Waals surface area contributed by atoms with E-state index in [-0.39, 0.29) is 16.9 Å². The van der Waals surface area contributed by atoms with Crippen LogP contribution in [0.25, 0.3) is 11.4 Å². The van der Waals surface area contributed by atoms with Crippen LogP contribution in [0.4, 0.5) is 13.2 Å². The van der Waals surface area contributed by atoms with E-state index < -0.39 is 18.0 Å². The van der Waals surface area contributed by atoms with Crippen molar-refractivity contribution in [3.05, 3.63) is 60.4 Å². The Balaban J connectivity index is 1.79. The highest BCUT2D eigenvalue weighted by atomic mass is 32.2. The van der Waals surface area contributed by atoms with Gasteiger partial charge < -0.3 is 5.32 Å². The first-order valence-electron chi connectivity index (χ1n) is 9.26. The van der Waals surface area contributed by atoms with Gasteiger partial charge in [-0.2, -0.15) is 13.2 Å². The molecule has 0 saturated heterocycles. The molecule has 0 aliphatic rings. The fourth-order valence-electron chi connectivity index (χ4n) is 2.76. The maximum Gasteiger partial charge on any atom is 0.406 e. The van der Waals surface area contributed by atoms with E-state index in [1.165, 1.54) is 12.4 Å². The summed E-state index contributed by atoms with van der Waals surface area (Å²) < 4.78 is 40.6. The Kier molecular flexibility index (Phi) is 7.09. The summed E-state index contributed by atoms with van der Waals surface area (Å²) in [4.78, 5) is 16.5. The maximum atomic E-state index is 13.2. The van der Waals surface area contributed by atoms with E-state index in [1.54, 1.807) is 19.1 Å². The van der Waals surface area contributed by atoms with Gasteiger partial charge in [-0.3, -0.25) is 14.3 Å². The third-order valence-electron chi connectivity index (χ3n) is 4.21. The van der Waals surface area contributed by atoms with Crippen LogP contribution in [0.5, 0.6) is 0 Å². The number of hydrogen-bond acceptors (Lipinski definition) is 5. The highest BCUT2D eigenvalue weighted by Gasteiger charge is 2.32. The van der Waals surface area contributed by atoms with Crippen molar-refractivity contribution in [2.24, 2.45) is 0 Å². The van der Waals surface area contributed by atoms with Gasteiger partial charge in [-0.25, -0.2) is 0 Å². The van der Waals surface area contributed by atoms with Crippen molar-refractivity contribution in [2.45, 2.75) is 43.0 Å². The molecule has 2 heterocycles. The van der Waals surface area contributed by atoms with E-state index in [1.807, 2.05) is 30.3 Å². The minimum Gasteiger partial charge on any atom is -0.351 e. The normalized spacial score (nSPS) is 12.5. The summed E-state index contributed by atoms with van der Waals surface area (Å²) in [6, 6.07) is 12.5. The monoisotopic (exact) mass is 435 g/mol. The molecule has 1 N–H and O–H groups in total. The summed E-state index contributed by atoms with van der Waals surface area (Å²) in [6.07, 6.45) is -1.09. The van der Waals surface area contributed by atoms with E-state index in [4.69, 9.17) is 0 Å². The van der Waals surface area contributed by atoms with Gasteiger partial charge in [0.15, 0.2) is 11.0 Å². The van der Waals surface area contributed by atoms with Gasteiger partial charge in [-0.1, -0.05) is 49.0 Å². The molecule has 3 rings (SSSR count). The molecule has 1 aromatic carbocycles. The quantitative estimate of drug-likeness (QED) is 0.540. The lowest BCUT2D eigenvalue weighted by Crippen LogP contribution is -2.32. The average molecular weight is 435 g/mol. The SMILES string of the molecule is CCC(Sc1nnc(-c2ccncc2)n1CC(F)(F)F)C(=O)NCc1ccccc1. The van der Waals surface area contributed by atoms with Gasteiger partial charge in [0.25, 0.3) is 0 Å². The number of thioether (sulfide) groups is 1. The molecule has 10 heteroatoms. The standard InChI is InChI=1S/C20H20F3N5OS/c1-2-16(18(29)25-12-14-6-4-3-5-7-14)30-19-27-26-17(15-8-10-24-11-9-15)28(19)13-20(21,22)23/h3-11,16H,2,12-13H2,1H3,(H,25,29). The Morgan fingerprint density at radius 2 is 1.83 bits per heavy atom. The van der Waals surface area contributed by atoms with Crippen LogP contribution in [0.15, 0.2) is 60.0 Å². The number of aromatic nitrogens is 4. The summed E-state index contributed by atoms with van der Waals surface area (Å²) in [5.41, 5.74) is 1.40. The van der Waals surface area contributed by atoms with Crippen molar-refractivity contribution >= 4 is 17.7 Å². The second kappa shape index (κ2) is 9.75. The maximum absolute atomic E-state index is 13.2. The van der Waals surface area contributed by atoms with Crippen molar-refractivity contribution in [3.63, 3.8) is 0 Å². The Morgan fingerprint density at radius 1 is 1.13 bits per heavy atom. The number of carbonyl (C=O) groups excluding carboxylic acids is 1. The largest absolute Gasteiger partial charge is 0.406 e. The highest BCUT2D eigenvalue weighted by Crippen LogP contribution is 2.31. The number of benzene rings is 1. The lowest BCUT2D eigenvalue weighted by atomic mass is 10.2. The molecule has 158 valence electrons. The average Bonchev–Trinajstić information content (AvgIpc) is 3.12. The smallest absolute Gasteiger partial charge is 0.351 e. The number of amides is 1. The zero-order valence-corrected chi connectivity index (χ0v) is 17.0. The fourth-order valence-corrected chi connectivity index (χ4v) is 3.74. The van der Waals surface area contributed by atoms with Gasteiger partial charge in [-0.05, 0) is 24.1 Å². The van der Waals surface area contributed by atoms with E-state index in [0.29, 0.717) is 18.5 Å². The van der Waals surface area contributed by atoms with Crippen molar-refractivity contribution in [1.82, 2.24) is 25.1 Å². The Bertz CT molecular complexity index is 964. The minimum atomic E-state index is -4.46. The molecule has 0 saturated carbocycles. The predicted octanol–water partition coefficient (Wildman–Crippen LogP) is 4.09. The first-order valence-corrected chi connectivity index (χ1v) is 10.1. The molecule has 0 aliphatic carbocycles. The first kappa shape index (κ1) is 21.8. The fraction of sp³-hybridized carbons (Fsp3) is 0.300. The number of rotatable bonds is 8. The molecule has 1 atom stereocenters. The minimum absolute atomic E-state index is 0.0425. The van der Waals surface area contributed by atoms with Crippen molar-refractivity contribution in [2.75, 3.05) is 0 Å². The molecule has 0 fully saturated rings. The van der Waals surface area contributed by atoms with Gasteiger partial charge in [0.05, 0.1) is 5.25 Å². The first-order chi connectivity index (χ1) is 14.4. The number of pyridine rings is 1. The van der Waals surface area contributed by atoms with Gasteiger partial charge in [0.1, 0.15) is 6.54 Å². The molecule has 3 aromatic rings. The van der Waals surface area contributed by atoms with Crippen LogP contribution in [0.1, 0.15) is 18.9 Å². The van der Waals surface area contributed by atoms with E-state index >= 15 is 0 Å². The molecule has 1 amide bonds. The van der Waals surface area contributed by atoms with Crippen LogP contribution < -0.4 is 5.32 Å². The third-order valence-corrected chi connectivity index (χ3v) is 5.56. The summed E-state index contributed by atoms with van der Waals surface area (Å²) in [6.45, 7) is 0.893. The lowest BCUT2D eigenvalue weighted by Gasteiger charge is -2.16. The molecule has 30 heavy (non-hydrogen) atoms. The summed E-state index contributed by atoms with van der Waals surface area (Å²) >= 11 is 0.976. The Hall–Kier alpha value is -2.88. The van der Waals surface area contributed by atoms with Crippen LogP contribution in [-0.2, 0) is 17.9 Å². The third kappa shape index (κ3) is 5.82. The number of nitrogens with zero attached hydrogens (tertiary/aromatic N) is 4. The zero-order chi connectivity index (χ0) is 21.6. The number of alkyl halides is 3. The molecule has 0 spiro atoms. The van der Waals surface area contributed by atoms with E-state index in [0.717, 1.165) is 21.9 Å². The highest BCUT2D eigenvalue weighted by molar-refractivity contribution is 8.00. The molecular weight excluding hydrogens is 415 g/mol. The summed E-state index contributed by atoms with van der Waals surface area (Å²) in [7, 11) is 0. The number of nitrogens with one attached hydrogen (secondary N) is 1. The van der Waals surface area contributed by atoms with Gasteiger partial charge in [-0.15, -0.1) is 10.2 Å². The lowest BCUT2D eigenvalue weighted by molar-refractivity contribution is -0.141. The van der Waals surface area contributed by atoms with Crippen LogP contribution in [-0.4, -0.2) is 37.1 Å². The van der Waals surface area contributed by atoms with Gasteiger partial charge >= 0.3 is 6.18 Å². The number of halogens is 3. The topological polar surface area (TPSA) is 72.7 Å². The Morgan fingerprint density at radius 3 is 2.47 bits per heavy atom. The molecule has 0 bridgehead atoms. The summed E-state index contributed by atoms with van der Waals surface area (Å²) in [5.74, 6) is -0.185. The molecule has 2 aromatic heterocycles. The Labute approximate surface area is 175 Å². The molecule has 0 radical (unpaired) electrons. The number of carbonyl (C=O) groups is 1. The molecule has 6 nitrogen and oxygen atoms in total. The predicted molar refractivity (Wildman–Crippen MR) is 108 cm³/mol. The molecule has 0 aliphatic heterocycles. The van der Waals surface area contributed by atoms with Crippen LogP contribution in [0.3, 0.4) is 0 Å². The van der Waals surface area contributed by atoms with E-state index in [9.17, 15) is 18.0 Å². The van der Waals surface area contributed by atoms with Gasteiger partial charge in [0.2, 0.25) is 5.91 Å². The second-order valence-electron chi connectivity index (χ2n) is 6.46. The number of hydrogen-bond donors (Lipinski definition) is 1. The van der Waals surface area contributed by atoms with Crippen LogP contribution in [0, 0.1) is 0 Å². The van der Waals surface area contributed by atoms with Crippen molar-refractivity contribution in [3.8, 4) is 11.4 Å². The van der Waals surface area contributed by atoms with Crippen molar-refractivity contribution < 1.29 is 18.0 Å². The summed E-state index contributed by atoms with van der Waals surface area (Å²) in [5, 5.41) is 10.2.